The Labute approximate surface area is 118 Å². The highest BCUT2D eigenvalue weighted by Crippen LogP contribution is 2.35. The number of hydrogen-bond acceptors (Lipinski definition) is 3. The van der Waals surface area contributed by atoms with Crippen LogP contribution in [0.1, 0.15) is 23.1 Å². The molecule has 3 heteroatoms. The second-order valence-electron chi connectivity index (χ2n) is 5.38. The molecule has 20 heavy (non-hydrogen) atoms. The molecule has 0 unspecified atom stereocenters. The zero-order chi connectivity index (χ0) is 13.9. The van der Waals surface area contributed by atoms with Crippen LogP contribution < -0.4 is 5.32 Å². The summed E-state index contributed by atoms with van der Waals surface area (Å²) in [5.41, 5.74) is 3.33. The van der Waals surface area contributed by atoms with E-state index in [1.807, 2.05) is 24.3 Å². The van der Waals surface area contributed by atoms with E-state index in [2.05, 4.69) is 17.4 Å². The lowest BCUT2D eigenvalue weighted by Gasteiger charge is -2.26. The molecule has 0 saturated heterocycles. The van der Waals surface area contributed by atoms with Gasteiger partial charge in [-0.3, -0.25) is 0 Å². The average molecular weight is 269 g/mol. The smallest absolute Gasteiger partial charge is 0.160 e. The number of phenolic OH excluding ortho intramolecular Hbond substituents is 2. The third-order valence-corrected chi connectivity index (χ3v) is 4.01. The maximum Gasteiger partial charge on any atom is 0.160 e. The molecular formula is C17H19NO2. The van der Waals surface area contributed by atoms with E-state index in [1.165, 1.54) is 5.56 Å². The summed E-state index contributed by atoms with van der Waals surface area (Å²) in [6, 6.07) is 14.3. The first-order valence-corrected chi connectivity index (χ1v) is 7.04. The monoisotopic (exact) mass is 269 g/mol. The lowest BCUT2D eigenvalue weighted by Crippen LogP contribution is -2.34. The van der Waals surface area contributed by atoms with E-state index in [0.29, 0.717) is 6.04 Å². The first kappa shape index (κ1) is 13.0. The van der Waals surface area contributed by atoms with Gasteiger partial charge in [-0.2, -0.15) is 0 Å². The molecule has 3 rings (SSSR count). The zero-order valence-corrected chi connectivity index (χ0v) is 11.3. The Balaban J connectivity index is 1.66. The third-order valence-electron chi connectivity index (χ3n) is 4.01. The predicted octanol–water partition coefficient (Wildman–Crippen LogP) is 2.74. The summed E-state index contributed by atoms with van der Waals surface area (Å²) in [6.07, 6.45) is 2.69. The van der Waals surface area contributed by atoms with Crippen LogP contribution in [0, 0.1) is 0 Å². The summed E-state index contributed by atoms with van der Waals surface area (Å²) in [5, 5.41) is 23.0. The molecule has 1 aliphatic rings. The molecule has 0 radical (unpaired) electrons. The molecule has 0 aromatic heterocycles. The number of benzene rings is 2. The van der Waals surface area contributed by atoms with Gasteiger partial charge in [0.1, 0.15) is 0 Å². The fourth-order valence-corrected chi connectivity index (χ4v) is 2.85. The summed E-state index contributed by atoms with van der Waals surface area (Å²) in [6.45, 7) is 0.866. The summed E-state index contributed by atoms with van der Waals surface area (Å²) in [5.74, 6) is 0.0449. The van der Waals surface area contributed by atoms with Crippen molar-refractivity contribution in [1.29, 1.82) is 0 Å². The number of aromatic hydroxyl groups is 2. The Kier molecular flexibility index (Phi) is 3.61. The molecule has 1 atom stereocenters. The molecular weight excluding hydrogens is 250 g/mol. The van der Waals surface area contributed by atoms with Crippen LogP contribution in [0.3, 0.4) is 0 Å². The van der Waals surface area contributed by atoms with Crippen LogP contribution in [-0.2, 0) is 19.4 Å². The fourth-order valence-electron chi connectivity index (χ4n) is 2.85. The van der Waals surface area contributed by atoms with Crippen molar-refractivity contribution in [2.24, 2.45) is 0 Å². The molecule has 0 aliphatic heterocycles. The van der Waals surface area contributed by atoms with Crippen molar-refractivity contribution >= 4 is 0 Å². The predicted molar refractivity (Wildman–Crippen MR) is 78.9 cm³/mol. The van der Waals surface area contributed by atoms with Crippen LogP contribution in [-0.4, -0.2) is 16.3 Å². The normalized spacial score (nSPS) is 17.7. The van der Waals surface area contributed by atoms with E-state index >= 15 is 0 Å². The topological polar surface area (TPSA) is 52.5 Å². The van der Waals surface area contributed by atoms with Gasteiger partial charge in [-0.05, 0) is 36.5 Å². The fraction of sp³-hybridized carbons (Fsp3) is 0.294. The van der Waals surface area contributed by atoms with Gasteiger partial charge in [0.05, 0.1) is 0 Å². The Bertz CT molecular complexity index is 595. The molecule has 0 heterocycles. The molecule has 3 N–H and O–H groups in total. The summed E-state index contributed by atoms with van der Waals surface area (Å²) in [4.78, 5) is 0. The van der Waals surface area contributed by atoms with E-state index in [9.17, 15) is 10.2 Å². The SMILES string of the molecule is Oc1ccc2c(c1O)CC[C@H](NCc1ccccc1)C2. The molecule has 0 bridgehead atoms. The zero-order valence-electron chi connectivity index (χ0n) is 11.3. The average Bonchev–Trinajstić information content (AvgIpc) is 2.50. The van der Waals surface area contributed by atoms with E-state index in [1.54, 1.807) is 6.07 Å². The van der Waals surface area contributed by atoms with Crippen LogP contribution in [0.4, 0.5) is 0 Å². The Morgan fingerprint density at radius 1 is 1.05 bits per heavy atom. The Hall–Kier alpha value is -2.00. The van der Waals surface area contributed by atoms with Gasteiger partial charge in [0, 0.05) is 18.2 Å². The van der Waals surface area contributed by atoms with Crippen LogP contribution in [0.5, 0.6) is 11.5 Å². The Morgan fingerprint density at radius 3 is 2.65 bits per heavy atom. The van der Waals surface area contributed by atoms with Crippen molar-refractivity contribution in [2.45, 2.75) is 31.8 Å². The summed E-state index contributed by atoms with van der Waals surface area (Å²) >= 11 is 0. The van der Waals surface area contributed by atoms with Crippen molar-refractivity contribution in [2.75, 3.05) is 0 Å². The summed E-state index contributed by atoms with van der Waals surface area (Å²) in [7, 11) is 0. The van der Waals surface area contributed by atoms with Gasteiger partial charge in [-0.1, -0.05) is 36.4 Å². The van der Waals surface area contributed by atoms with Crippen LogP contribution >= 0.6 is 0 Å². The molecule has 0 fully saturated rings. The minimum Gasteiger partial charge on any atom is -0.504 e. The van der Waals surface area contributed by atoms with Crippen LogP contribution in [0.15, 0.2) is 42.5 Å². The van der Waals surface area contributed by atoms with E-state index in [-0.39, 0.29) is 11.5 Å². The van der Waals surface area contributed by atoms with Crippen molar-refractivity contribution < 1.29 is 10.2 Å². The molecule has 1 aliphatic carbocycles. The van der Waals surface area contributed by atoms with Gasteiger partial charge in [0.25, 0.3) is 0 Å². The van der Waals surface area contributed by atoms with Crippen molar-refractivity contribution in [3.63, 3.8) is 0 Å². The lowest BCUT2D eigenvalue weighted by molar-refractivity contribution is 0.388. The Morgan fingerprint density at radius 2 is 1.85 bits per heavy atom. The summed E-state index contributed by atoms with van der Waals surface area (Å²) < 4.78 is 0. The number of phenols is 2. The van der Waals surface area contributed by atoms with Crippen molar-refractivity contribution in [3.05, 3.63) is 59.2 Å². The van der Waals surface area contributed by atoms with Crippen LogP contribution in [0.25, 0.3) is 0 Å². The van der Waals surface area contributed by atoms with E-state index in [4.69, 9.17) is 0 Å². The van der Waals surface area contributed by atoms with Gasteiger partial charge in [-0.15, -0.1) is 0 Å². The molecule has 104 valence electrons. The van der Waals surface area contributed by atoms with E-state index < -0.39 is 0 Å². The highest BCUT2D eigenvalue weighted by atomic mass is 16.3. The van der Waals surface area contributed by atoms with Crippen molar-refractivity contribution in [3.8, 4) is 11.5 Å². The van der Waals surface area contributed by atoms with Gasteiger partial charge >= 0.3 is 0 Å². The highest BCUT2D eigenvalue weighted by Gasteiger charge is 2.21. The largest absolute Gasteiger partial charge is 0.504 e. The van der Waals surface area contributed by atoms with Gasteiger partial charge in [0.15, 0.2) is 11.5 Å². The third kappa shape index (κ3) is 2.63. The number of hydrogen-bond donors (Lipinski definition) is 3. The standard InChI is InChI=1S/C17H19NO2/c19-16-9-6-13-10-14(7-8-15(13)17(16)20)18-11-12-4-2-1-3-5-12/h1-6,9,14,18-20H,7-8,10-11H2/t14-/m0/s1. The molecule has 0 amide bonds. The van der Waals surface area contributed by atoms with Gasteiger partial charge in [0.2, 0.25) is 0 Å². The van der Waals surface area contributed by atoms with E-state index in [0.717, 1.165) is 36.9 Å². The lowest BCUT2D eigenvalue weighted by atomic mass is 9.87. The van der Waals surface area contributed by atoms with Crippen LogP contribution in [0.2, 0.25) is 0 Å². The maximum absolute atomic E-state index is 9.87. The van der Waals surface area contributed by atoms with Gasteiger partial charge < -0.3 is 15.5 Å². The molecule has 2 aromatic carbocycles. The maximum atomic E-state index is 9.87. The molecule has 3 nitrogen and oxygen atoms in total. The number of fused-ring (bicyclic) bond motifs is 1. The number of rotatable bonds is 3. The molecule has 0 saturated carbocycles. The highest BCUT2D eigenvalue weighted by molar-refractivity contribution is 5.50. The molecule has 0 spiro atoms. The first-order chi connectivity index (χ1) is 9.74. The van der Waals surface area contributed by atoms with Crippen molar-refractivity contribution in [1.82, 2.24) is 5.32 Å². The quantitative estimate of drug-likeness (QED) is 0.751. The first-order valence-electron chi connectivity index (χ1n) is 7.04. The second-order valence-corrected chi connectivity index (χ2v) is 5.38. The van der Waals surface area contributed by atoms with Gasteiger partial charge in [-0.25, -0.2) is 0 Å². The minimum atomic E-state index is -0.0144. The molecule has 2 aromatic rings. The number of nitrogens with one attached hydrogen (secondary N) is 1. The minimum absolute atomic E-state index is 0.0144. The second kappa shape index (κ2) is 5.55.